The molecule has 1 N–H and O–H groups in total. The molecule has 1 heterocycles. The van der Waals surface area contributed by atoms with Gasteiger partial charge in [0, 0.05) is 29.9 Å². The van der Waals surface area contributed by atoms with E-state index in [4.69, 9.17) is 11.6 Å². The molecule has 5 nitrogen and oxygen atoms in total. The summed E-state index contributed by atoms with van der Waals surface area (Å²) in [5, 5.41) is 3.29. The molecule has 0 atom stereocenters. The molecule has 1 amide bonds. The van der Waals surface area contributed by atoms with E-state index in [1.807, 2.05) is 49.2 Å². The highest BCUT2D eigenvalue weighted by Crippen LogP contribution is 2.19. The van der Waals surface area contributed by atoms with Gasteiger partial charge in [0.25, 0.3) is 0 Å². The Morgan fingerprint density at radius 1 is 1.27 bits per heavy atom. The number of aryl methyl sites for hydroxylation is 1. The Morgan fingerprint density at radius 3 is 2.59 bits per heavy atom. The number of likely N-dealkylation sites (N-methyl/N-ethyl adjacent to an activating group) is 2. The fourth-order valence-corrected chi connectivity index (χ4v) is 2.23. The minimum absolute atomic E-state index is 0.0220. The molecule has 22 heavy (non-hydrogen) atoms. The second-order valence-electron chi connectivity index (χ2n) is 5.18. The van der Waals surface area contributed by atoms with Crippen molar-refractivity contribution < 1.29 is 4.79 Å². The number of aromatic nitrogens is 2. The quantitative estimate of drug-likeness (QED) is 0.919. The Hall–Kier alpha value is -1.98. The molecule has 0 aliphatic rings. The van der Waals surface area contributed by atoms with E-state index in [1.54, 1.807) is 7.05 Å². The third-order valence-electron chi connectivity index (χ3n) is 3.13. The predicted molar refractivity (Wildman–Crippen MR) is 87.6 cm³/mol. The number of halogens is 1. The van der Waals surface area contributed by atoms with Crippen molar-refractivity contribution in [1.29, 1.82) is 0 Å². The molecule has 116 valence electrons. The third kappa shape index (κ3) is 4.51. The van der Waals surface area contributed by atoms with Crippen LogP contribution in [0, 0.1) is 6.92 Å². The van der Waals surface area contributed by atoms with Gasteiger partial charge in [-0.3, -0.25) is 9.69 Å². The molecule has 2 rings (SSSR count). The molecular weight excluding hydrogens is 300 g/mol. The molecule has 0 aliphatic carbocycles. The van der Waals surface area contributed by atoms with E-state index in [1.165, 1.54) is 0 Å². The maximum atomic E-state index is 11.4. The van der Waals surface area contributed by atoms with E-state index in [-0.39, 0.29) is 5.91 Å². The largest absolute Gasteiger partial charge is 0.358 e. The maximum absolute atomic E-state index is 11.4. The van der Waals surface area contributed by atoms with Crippen LogP contribution in [0.4, 0.5) is 0 Å². The van der Waals surface area contributed by atoms with Gasteiger partial charge < -0.3 is 5.32 Å². The fourth-order valence-electron chi connectivity index (χ4n) is 2.10. The SMILES string of the molecule is CNC(=O)CN(C)Cc1cc(C)nc(-c2ccc(Cl)cc2)n1. The first-order valence-electron chi connectivity index (χ1n) is 6.97. The molecule has 1 aromatic carbocycles. The van der Waals surface area contributed by atoms with Crippen molar-refractivity contribution in [2.45, 2.75) is 13.5 Å². The minimum atomic E-state index is -0.0220. The molecule has 0 fully saturated rings. The Morgan fingerprint density at radius 2 is 1.95 bits per heavy atom. The molecule has 0 spiro atoms. The first kappa shape index (κ1) is 16.4. The van der Waals surface area contributed by atoms with E-state index in [0.717, 1.165) is 17.0 Å². The van der Waals surface area contributed by atoms with E-state index in [9.17, 15) is 4.79 Å². The molecule has 6 heteroatoms. The summed E-state index contributed by atoms with van der Waals surface area (Å²) in [4.78, 5) is 22.4. The van der Waals surface area contributed by atoms with Crippen LogP contribution in [0.2, 0.25) is 5.02 Å². The summed E-state index contributed by atoms with van der Waals surface area (Å²) in [6.45, 7) is 2.84. The fraction of sp³-hybridized carbons (Fsp3) is 0.312. The number of amides is 1. The zero-order valence-electron chi connectivity index (χ0n) is 12.9. The molecular formula is C16H19ClN4O. The Balaban J connectivity index is 2.19. The van der Waals surface area contributed by atoms with Crippen LogP contribution in [-0.4, -0.2) is 41.4 Å². The number of nitrogens with zero attached hydrogens (tertiary/aromatic N) is 3. The van der Waals surface area contributed by atoms with Crippen LogP contribution in [0.5, 0.6) is 0 Å². The Kier molecular flexibility index (Phi) is 5.46. The summed E-state index contributed by atoms with van der Waals surface area (Å²) in [5.41, 5.74) is 2.69. The van der Waals surface area contributed by atoms with Crippen LogP contribution in [0.15, 0.2) is 30.3 Å². The summed E-state index contributed by atoms with van der Waals surface area (Å²) in [6, 6.07) is 9.37. The zero-order valence-corrected chi connectivity index (χ0v) is 13.7. The smallest absolute Gasteiger partial charge is 0.233 e. The maximum Gasteiger partial charge on any atom is 0.233 e. The summed E-state index contributed by atoms with van der Waals surface area (Å²) in [5.74, 6) is 0.645. The zero-order chi connectivity index (χ0) is 16.1. The second-order valence-corrected chi connectivity index (χ2v) is 5.61. The lowest BCUT2D eigenvalue weighted by atomic mass is 10.2. The van der Waals surface area contributed by atoms with Crippen molar-refractivity contribution in [3.05, 3.63) is 46.7 Å². The van der Waals surface area contributed by atoms with Crippen molar-refractivity contribution in [2.24, 2.45) is 0 Å². The minimum Gasteiger partial charge on any atom is -0.358 e. The monoisotopic (exact) mass is 318 g/mol. The van der Waals surface area contributed by atoms with Crippen molar-refractivity contribution in [3.63, 3.8) is 0 Å². The lowest BCUT2D eigenvalue weighted by Gasteiger charge is -2.15. The number of nitrogens with one attached hydrogen (secondary N) is 1. The molecule has 0 aliphatic heterocycles. The Labute approximate surface area is 135 Å². The molecule has 2 aromatic rings. The molecule has 0 radical (unpaired) electrons. The average Bonchev–Trinajstić information content (AvgIpc) is 2.47. The molecule has 0 bridgehead atoms. The van der Waals surface area contributed by atoms with Gasteiger partial charge in [0.1, 0.15) is 0 Å². The van der Waals surface area contributed by atoms with Gasteiger partial charge in [0.15, 0.2) is 5.82 Å². The van der Waals surface area contributed by atoms with Crippen LogP contribution >= 0.6 is 11.6 Å². The molecule has 0 saturated heterocycles. The lowest BCUT2D eigenvalue weighted by Crippen LogP contribution is -2.32. The first-order valence-corrected chi connectivity index (χ1v) is 7.35. The van der Waals surface area contributed by atoms with E-state index >= 15 is 0 Å². The van der Waals surface area contributed by atoms with Gasteiger partial charge in [-0.05, 0) is 44.3 Å². The highest BCUT2D eigenvalue weighted by atomic mass is 35.5. The third-order valence-corrected chi connectivity index (χ3v) is 3.39. The van der Waals surface area contributed by atoms with Crippen LogP contribution in [-0.2, 0) is 11.3 Å². The number of benzene rings is 1. The standard InChI is InChI=1S/C16H19ClN4O/c1-11-8-14(9-21(3)10-15(22)18-2)20-16(19-11)12-4-6-13(17)7-5-12/h4-8H,9-10H2,1-3H3,(H,18,22). The van der Waals surface area contributed by atoms with Crippen LogP contribution in [0.1, 0.15) is 11.4 Å². The number of hydrogen-bond acceptors (Lipinski definition) is 4. The van der Waals surface area contributed by atoms with E-state index < -0.39 is 0 Å². The second kappa shape index (κ2) is 7.33. The van der Waals surface area contributed by atoms with Crippen LogP contribution in [0.3, 0.4) is 0 Å². The highest BCUT2D eigenvalue weighted by Gasteiger charge is 2.09. The normalized spacial score (nSPS) is 10.8. The topological polar surface area (TPSA) is 58.1 Å². The highest BCUT2D eigenvalue weighted by molar-refractivity contribution is 6.30. The van der Waals surface area contributed by atoms with E-state index in [2.05, 4.69) is 15.3 Å². The van der Waals surface area contributed by atoms with Gasteiger partial charge in [0.2, 0.25) is 5.91 Å². The predicted octanol–water partition coefficient (Wildman–Crippen LogP) is 2.28. The number of carbonyl (C=O) groups is 1. The molecule has 0 saturated carbocycles. The summed E-state index contributed by atoms with van der Waals surface area (Å²) in [7, 11) is 3.51. The van der Waals surface area contributed by atoms with Gasteiger partial charge in [0.05, 0.1) is 12.2 Å². The Bertz CT molecular complexity index is 658. The van der Waals surface area contributed by atoms with Gasteiger partial charge >= 0.3 is 0 Å². The van der Waals surface area contributed by atoms with E-state index in [0.29, 0.717) is 23.9 Å². The van der Waals surface area contributed by atoms with Gasteiger partial charge in [-0.1, -0.05) is 11.6 Å². The molecule has 0 unspecified atom stereocenters. The van der Waals surface area contributed by atoms with Crippen molar-refractivity contribution in [2.75, 3.05) is 20.6 Å². The average molecular weight is 319 g/mol. The van der Waals surface area contributed by atoms with Crippen molar-refractivity contribution in [3.8, 4) is 11.4 Å². The van der Waals surface area contributed by atoms with Crippen molar-refractivity contribution >= 4 is 17.5 Å². The number of rotatable bonds is 5. The number of hydrogen-bond donors (Lipinski definition) is 1. The van der Waals surface area contributed by atoms with Crippen LogP contribution in [0.25, 0.3) is 11.4 Å². The summed E-state index contributed by atoms with van der Waals surface area (Å²) >= 11 is 5.91. The summed E-state index contributed by atoms with van der Waals surface area (Å²) < 4.78 is 0. The number of carbonyl (C=O) groups excluding carboxylic acids is 1. The first-order chi connectivity index (χ1) is 10.5. The van der Waals surface area contributed by atoms with Gasteiger partial charge in [-0.15, -0.1) is 0 Å². The van der Waals surface area contributed by atoms with Crippen LogP contribution < -0.4 is 5.32 Å². The van der Waals surface area contributed by atoms with Gasteiger partial charge in [-0.25, -0.2) is 9.97 Å². The lowest BCUT2D eigenvalue weighted by molar-refractivity contribution is -0.121. The summed E-state index contributed by atoms with van der Waals surface area (Å²) in [6.07, 6.45) is 0. The van der Waals surface area contributed by atoms with Gasteiger partial charge in [-0.2, -0.15) is 0 Å². The molecule has 1 aromatic heterocycles. The van der Waals surface area contributed by atoms with Crippen molar-refractivity contribution in [1.82, 2.24) is 20.2 Å².